The van der Waals surface area contributed by atoms with Gasteiger partial charge in [-0.3, -0.25) is 9.69 Å². The van der Waals surface area contributed by atoms with Crippen molar-refractivity contribution in [2.24, 2.45) is 5.92 Å². The molecule has 0 spiro atoms. The van der Waals surface area contributed by atoms with E-state index in [1.54, 1.807) is 0 Å². The zero-order chi connectivity index (χ0) is 18.5. The number of piperidine rings is 1. The standard InChI is InChI=1S/C20H22ClN3OS/c1-3-9-24-10-7-15(8-11-24)19(25)23-20-22-13-17(26-20)12-16-6-4-5-14(2)18(16)21/h1,4-6,13,15H,7-12H2,2H3,(H,22,23,25). The summed E-state index contributed by atoms with van der Waals surface area (Å²) in [6, 6.07) is 6.03. The molecule has 0 unspecified atom stereocenters. The molecule has 1 amide bonds. The van der Waals surface area contributed by atoms with Gasteiger partial charge in [-0.25, -0.2) is 4.98 Å². The maximum Gasteiger partial charge on any atom is 0.229 e. The van der Waals surface area contributed by atoms with E-state index in [2.05, 4.69) is 21.1 Å². The fourth-order valence-electron chi connectivity index (χ4n) is 3.17. The Kier molecular flexibility index (Phi) is 6.31. The molecular formula is C20H22ClN3OS. The van der Waals surface area contributed by atoms with Crippen molar-refractivity contribution in [2.45, 2.75) is 26.2 Å². The molecule has 1 aliphatic rings. The SMILES string of the molecule is C#CCN1CCC(C(=O)Nc2ncc(Cc3cccc(C)c3Cl)s2)CC1. The van der Waals surface area contributed by atoms with E-state index >= 15 is 0 Å². The molecule has 0 saturated carbocycles. The molecule has 6 heteroatoms. The third-order valence-electron chi connectivity index (χ3n) is 4.69. The number of nitrogens with zero attached hydrogens (tertiary/aromatic N) is 2. The number of carbonyl (C=O) groups excluding carboxylic acids is 1. The Labute approximate surface area is 163 Å². The Bertz CT molecular complexity index is 819. The van der Waals surface area contributed by atoms with Gasteiger partial charge in [0.25, 0.3) is 0 Å². The van der Waals surface area contributed by atoms with Crippen LogP contribution in [0.2, 0.25) is 5.02 Å². The van der Waals surface area contributed by atoms with E-state index in [0.29, 0.717) is 11.7 Å². The first-order valence-electron chi connectivity index (χ1n) is 8.72. The van der Waals surface area contributed by atoms with Gasteiger partial charge in [-0.1, -0.05) is 35.7 Å². The van der Waals surface area contributed by atoms with Gasteiger partial charge < -0.3 is 5.32 Å². The molecule has 1 N–H and O–H groups in total. The van der Waals surface area contributed by atoms with E-state index in [1.807, 2.05) is 31.3 Å². The predicted molar refractivity (Wildman–Crippen MR) is 108 cm³/mol. The van der Waals surface area contributed by atoms with Gasteiger partial charge >= 0.3 is 0 Å². The van der Waals surface area contributed by atoms with Crippen molar-refractivity contribution in [1.82, 2.24) is 9.88 Å². The summed E-state index contributed by atoms with van der Waals surface area (Å²) >= 11 is 7.87. The summed E-state index contributed by atoms with van der Waals surface area (Å²) in [6.45, 7) is 4.40. The first-order chi connectivity index (χ1) is 12.6. The molecular weight excluding hydrogens is 366 g/mol. The minimum absolute atomic E-state index is 0.0302. The maximum absolute atomic E-state index is 12.5. The molecule has 2 aromatic rings. The monoisotopic (exact) mass is 387 g/mol. The van der Waals surface area contributed by atoms with Crippen molar-refractivity contribution >= 4 is 34.0 Å². The quantitative estimate of drug-likeness (QED) is 0.789. The van der Waals surface area contributed by atoms with Gasteiger partial charge in [0.2, 0.25) is 5.91 Å². The fraction of sp³-hybridized carbons (Fsp3) is 0.400. The number of anilines is 1. The molecule has 1 aliphatic heterocycles. The highest BCUT2D eigenvalue weighted by Crippen LogP contribution is 2.27. The van der Waals surface area contributed by atoms with Crippen LogP contribution in [-0.4, -0.2) is 35.4 Å². The second-order valence-electron chi connectivity index (χ2n) is 6.60. The van der Waals surface area contributed by atoms with Gasteiger partial charge in [0, 0.05) is 28.4 Å². The van der Waals surface area contributed by atoms with Crippen molar-refractivity contribution in [2.75, 3.05) is 25.0 Å². The summed E-state index contributed by atoms with van der Waals surface area (Å²) in [4.78, 5) is 20.1. The van der Waals surface area contributed by atoms with Crippen molar-refractivity contribution in [3.8, 4) is 12.3 Å². The van der Waals surface area contributed by atoms with Crippen LogP contribution >= 0.6 is 22.9 Å². The Morgan fingerprint density at radius 3 is 2.96 bits per heavy atom. The molecule has 1 aromatic carbocycles. The summed E-state index contributed by atoms with van der Waals surface area (Å²) < 4.78 is 0. The molecule has 0 bridgehead atoms. The first-order valence-corrected chi connectivity index (χ1v) is 9.91. The highest BCUT2D eigenvalue weighted by Gasteiger charge is 2.25. The lowest BCUT2D eigenvalue weighted by molar-refractivity contribution is -0.121. The molecule has 0 radical (unpaired) electrons. The highest BCUT2D eigenvalue weighted by molar-refractivity contribution is 7.15. The maximum atomic E-state index is 12.5. The molecule has 0 aliphatic carbocycles. The second kappa shape index (κ2) is 8.68. The highest BCUT2D eigenvalue weighted by atomic mass is 35.5. The van der Waals surface area contributed by atoms with E-state index in [0.717, 1.165) is 53.4 Å². The Morgan fingerprint density at radius 1 is 1.46 bits per heavy atom. The lowest BCUT2D eigenvalue weighted by atomic mass is 9.96. The third-order valence-corrected chi connectivity index (χ3v) is 6.15. The topological polar surface area (TPSA) is 45.2 Å². The normalized spacial score (nSPS) is 15.6. The van der Waals surface area contributed by atoms with Gasteiger partial charge in [0.05, 0.1) is 6.54 Å². The van der Waals surface area contributed by atoms with E-state index in [9.17, 15) is 4.79 Å². The zero-order valence-electron chi connectivity index (χ0n) is 14.8. The summed E-state index contributed by atoms with van der Waals surface area (Å²) in [7, 11) is 0. The van der Waals surface area contributed by atoms with E-state index < -0.39 is 0 Å². The number of rotatable bonds is 5. The number of amides is 1. The Morgan fingerprint density at radius 2 is 2.23 bits per heavy atom. The molecule has 0 atom stereocenters. The van der Waals surface area contributed by atoms with E-state index in [4.69, 9.17) is 18.0 Å². The Hall–Kier alpha value is -1.87. The fourth-order valence-corrected chi connectivity index (χ4v) is 4.20. The van der Waals surface area contributed by atoms with Crippen molar-refractivity contribution in [1.29, 1.82) is 0 Å². The first kappa shape index (κ1) is 18.9. The van der Waals surface area contributed by atoms with Crippen LogP contribution in [0.25, 0.3) is 0 Å². The molecule has 26 heavy (non-hydrogen) atoms. The number of terminal acetylenes is 1. The van der Waals surface area contributed by atoms with Crippen LogP contribution in [0.5, 0.6) is 0 Å². The summed E-state index contributed by atoms with van der Waals surface area (Å²) in [5, 5.41) is 4.42. The number of thiazole rings is 1. The van der Waals surface area contributed by atoms with Crippen molar-refractivity contribution in [3.63, 3.8) is 0 Å². The lowest BCUT2D eigenvalue weighted by Gasteiger charge is -2.29. The minimum atomic E-state index is 0.0302. The number of carbonyl (C=O) groups is 1. The van der Waals surface area contributed by atoms with Gasteiger partial charge in [0.1, 0.15) is 0 Å². The second-order valence-corrected chi connectivity index (χ2v) is 8.09. The van der Waals surface area contributed by atoms with Gasteiger partial charge in [0.15, 0.2) is 5.13 Å². The molecule has 1 fully saturated rings. The van der Waals surface area contributed by atoms with Crippen LogP contribution in [-0.2, 0) is 11.2 Å². The van der Waals surface area contributed by atoms with Crippen LogP contribution in [0, 0.1) is 25.2 Å². The van der Waals surface area contributed by atoms with Crippen LogP contribution in [0.1, 0.15) is 28.8 Å². The number of aryl methyl sites for hydroxylation is 1. The van der Waals surface area contributed by atoms with Gasteiger partial charge in [-0.15, -0.1) is 17.8 Å². The Balaban J connectivity index is 1.56. The molecule has 4 nitrogen and oxygen atoms in total. The average Bonchev–Trinajstić information content (AvgIpc) is 3.07. The summed E-state index contributed by atoms with van der Waals surface area (Å²) in [5.41, 5.74) is 2.15. The smallest absolute Gasteiger partial charge is 0.229 e. The number of benzene rings is 1. The van der Waals surface area contributed by atoms with Crippen LogP contribution in [0.15, 0.2) is 24.4 Å². The van der Waals surface area contributed by atoms with Crippen molar-refractivity contribution in [3.05, 3.63) is 45.4 Å². The number of halogens is 1. The summed E-state index contributed by atoms with van der Waals surface area (Å²) in [6.07, 6.45) is 9.56. The third kappa shape index (κ3) is 4.64. The summed E-state index contributed by atoms with van der Waals surface area (Å²) in [5.74, 6) is 2.74. The van der Waals surface area contributed by atoms with Gasteiger partial charge in [-0.2, -0.15) is 0 Å². The molecule has 3 rings (SSSR count). The molecule has 2 heterocycles. The zero-order valence-corrected chi connectivity index (χ0v) is 16.4. The average molecular weight is 388 g/mol. The number of nitrogens with one attached hydrogen (secondary N) is 1. The largest absolute Gasteiger partial charge is 0.302 e. The van der Waals surface area contributed by atoms with Crippen LogP contribution < -0.4 is 5.32 Å². The number of likely N-dealkylation sites (tertiary alicyclic amines) is 1. The van der Waals surface area contributed by atoms with Crippen molar-refractivity contribution < 1.29 is 4.79 Å². The predicted octanol–water partition coefficient (Wildman–Crippen LogP) is 3.98. The van der Waals surface area contributed by atoms with Gasteiger partial charge in [-0.05, 0) is 44.0 Å². The number of hydrogen-bond donors (Lipinski definition) is 1. The van der Waals surface area contributed by atoms with E-state index in [1.165, 1.54) is 11.3 Å². The minimum Gasteiger partial charge on any atom is -0.302 e. The number of hydrogen-bond acceptors (Lipinski definition) is 4. The molecule has 136 valence electrons. The van der Waals surface area contributed by atoms with Crippen LogP contribution in [0.4, 0.5) is 5.13 Å². The van der Waals surface area contributed by atoms with E-state index in [-0.39, 0.29) is 11.8 Å². The number of aromatic nitrogens is 1. The van der Waals surface area contributed by atoms with Crippen LogP contribution in [0.3, 0.4) is 0 Å². The molecule has 1 aromatic heterocycles. The molecule has 1 saturated heterocycles. The lowest BCUT2D eigenvalue weighted by Crippen LogP contribution is -2.38.